The van der Waals surface area contributed by atoms with Crippen LogP contribution in [0.1, 0.15) is 27.4 Å². The average Bonchev–Trinajstić information content (AvgIpc) is 3.13. The zero-order valence-corrected chi connectivity index (χ0v) is 16.9. The van der Waals surface area contributed by atoms with Crippen LogP contribution in [0.2, 0.25) is 5.02 Å². The van der Waals surface area contributed by atoms with E-state index in [2.05, 4.69) is 5.32 Å². The normalized spacial score (nSPS) is 18.9. The second-order valence-electron chi connectivity index (χ2n) is 7.07. The number of aryl methyl sites for hydroxylation is 1. The fourth-order valence-corrected chi connectivity index (χ4v) is 3.96. The summed E-state index contributed by atoms with van der Waals surface area (Å²) in [6.07, 6.45) is 0. The molecule has 1 aliphatic rings. The Bertz CT molecular complexity index is 855. The molecule has 1 fully saturated rings. The van der Waals surface area contributed by atoms with E-state index < -0.39 is 0 Å². The number of carbonyl (C=O) groups excluding carboxylic acids is 2. The molecule has 0 bridgehead atoms. The van der Waals surface area contributed by atoms with Gasteiger partial charge in [-0.2, -0.15) is 0 Å². The van der Waals surface area contributed by atoms with Crippen molar-refractivity contribution in [3.8, 4) is 0 Å². The van der Waals surface area contributed by atoms with E-state index >= 15 is 0 Å². The number of methoxy groups -OCH3 is 1. The van der Waals surface area contributed by atoms with Crippen molar-refractivity contribution in [2.75, 3.05) is 33.4 Å². The summed E-state index contributed by atoms with van der Waals surface area (Å²) >= 11 is 6.04. The van der Waals surface area contributed by atoms with Crippen molar-refractivity contribution in [3.05, 3.63) is 70.2 Å². The largest absolute Gasteiger partial charge is 0.383 e. The van der Waals surface area contributed by atoms with Crippen molar-refractivity contribution >= 4 is 23.4 Å². The summed E-state index contributed by atoms with van der Waals surface area (Å²) in [5.41, 5.74) is 2.77. The maximum atomic E-state index is 13.0. The number of hydrogen-bond acceptors (Lipinski definition) is 3. The third-order valence-corrected chi connectivity index (χ3v) is 5.44. The molecular formula is C22H25ClN2O3. The number of amides is 2. The van der Waals surface area contributed by atoms with Crippen molar-refractivity contribution in [3.63, 3.8) is 0 Å². The van der Waals surface area contributed by atoms with Gasteiger partial charge in [0, 0.05) is 43.2 Å². The van der Waals surface area contributed by atoms with E-state index in [0.29, 0.717) is 36.8 Å². The quantitative estimate of drug-likeness (QED) is 0.757. The van der Waals surface area contributed by atoms with E-state index in [1.54, 1.807) is 36.3 Å². The SMILES string of the molecule is COCCNC(=O)[C@H]1CN(C(=O)c2cccc(Cl)c2)C[C@H]1c1ccccc1C. The Morgan fingerprint density at radius 2 is 1.96 bits per heavy atom. The molecule has 1 N–H and O–H groups in total. The van der Waals surface area contributed by atoms with Crippen LogP contribution < -0.4 is 5.32 Å². The molecule has 0 radical (unpaired) electrons. The molecule has 0 saturated carbocycles. The van der Waals surface area contributed by atoms with Crippen LogP contribution in [-0.4, -0.2) is 50.1 Å². The van der Waals surface area contributed by atoms with E-state index in [1.807, 2.05) is 31.2 Å². The smallest absolute Gasteiger partial charge is 0.253 e. The second kappa shape index (κ2) is 9.22. The molecule has 3 rings (SSSR count). The molecule has 0 aliphatic carbocycles. The van der Waals surface area contributed by atoms with Gasteiger partial charge in [0.25, 0.3) is 5.91 Å². The molecule has 28 heavy (non-hydrogen) atoms. The fourth-order valence-electron chi connectivity index (χ4n) is 3.76. The Balaban J connectivity index is 1.84. The summed E-state index contributed by atoms with van der Waals surface area (Å²) in [7, 11) is 1.60. The van der Waals surface area contributed by atoms with Gasteiger partial charge in [-0.1, -0.05) is 41.9 Å². The van der Waals surface area contributed by atoms with Crippen molar-refractivity contribution in [1.82, 2.24) is 10.2 Å². The van der Waals surface area contributed by atoms with E-state index in [1.165, 1.54) is 0 Å². The monoisotopic (exact) mass is 400 g/mol. The molecule has 2 atom stereocenters. The van der Waals surface area contributed by atoms with Gasteiger partial charge in [-0.3, -0.25) is 9.59 Å². The summed E-state index contributed by atoms with van der Waals surface area (Å²) in [5, 5.41) is 3.45. The minimum Gasteiger partial charge on any atom is -0.383 e. The first-order chi connectivity index (χ1) is 13.5. The molecular weight excluding hydrogens is 376 g/mol. The fraction of sp³-hybridized carbons (Fsp3) is 0.364. The summed E-state index contributed by atoms with van der Waals surface area (Å²) in [6, 6.07) is 15.0. The maximum Gasteiger partial charge on any atom is 0.253 e. The number of benzene rings is 2. The minimum absolute atomic E-state index is 0.0492. The van der Waals surface area contributed by atoms with Gasteiger partial charge < -0.3 is 15.0 Å². The Labute approximate surface area is 170 Å². The highest BCUT2D eigenvalue weighted by Gasteiger charge is 2.40. The summed E-state index contributed by atoms with van der Waals surface area (Å²) < 4.78 is 5.02. The molecule has 5 nitrogen and oxygen atoms in total. The van der Waals surface area contributed by atoms with E-state index in [-0.39, 0.29) is 23.7 Å². The lowest BCUT2D eigenvalue weighted by Crippen LogP contribution is -2.37. The highest BCUT2D eigenvalue weighted by Crippen LogP contribution is 2.35. The van der Waals surface area contributed by atoms with Gasteiger partial charge in [0.05, 0.1) is 12.5 Å². The van der Waals surface area contributed by atoms with Crippen LogP contribution in [0.3, 0.4) is 0 Å². The molecule has 0 unspecified atom stereocenters. The number of nitrogens with one attached hydrogen (secondary N) is 1. The average molecular weight is 401 g/mol. The lowest BCUT2D eigenvalue weighted by Gasteiger charge is -2.19. The first-order valence-corrected chi connectivity index (χ1v) is 9.76. The van der Waals surface area contributed by atoms with E-state index in [9.17, 15) is 9.59 Å². The van der Waals surface area contributed by atoms with Crippen LogP contribution in [0.15, 0.2) is 48.5 Å². The lowest BCUT2D eigenvalue weighted by molar-refractivity contribution is -0.125. The standard InChI is InChI=1S/C22H25ClN2O3/c1-15-6-3-4-9-18(15)19-13-25(14-20(19)21(26)24-10-11-28-2)22(27)16-7-5-8-17(23)12-16/h3-9,12,19-20H,10-11,13-14H2,1-2H3,(H,24,26)/t19-,20-/m0/s1. The third kappa shape index (κ3) is 4.54. The van der Waals surface area contributed by atoms with Gasteiger partial charge in [0.15, 0.2) is 0 Å². The topological polar surface area (TPSA) is 58.6 Å². The molecule has 148 valence electrons. The number of likely N-dealkylation sites (tertiary alicyclic amines) is 1. The van der Waals surface area contributed by atoms with Gasteiger partial charge in [-0.25, -0.2) is 0 Å². The molecule has 0 aromatic heterocycles. The summed E-state index contributed by atoms with van der Waals surface area (Å²) in [4.78, 5) is 27.6. The maximum absolute atomic E-state index is 13.0. The number of hydrogen-bond donors (Lipinski definition) is 1. The summed E-state index contributed by atoms with van der Waals surface area (Å²) in [5.74, 6) is -0.507. The zero-order valence-electron chi connectivity index (χ0n) is 16.2. The van der Waals surface area contributed by atoms with Crippen LogP contribution in [0.5, 0.6) is 0 Å². The molecule has 1 heterocycles. The van der Waals surface area contributed by atoms with Crippen molar-refractivity contribution in [2.24, 2.45) is 5.92 Å². The number of ether oxygens (including phenoxy) is 1. The molecule has 1 saturated heterocycles. The Morgan fingerprint density at radius 1 is 1.18 bits per heavy atom. The summed E-state index contributed by atoms with van der Waals surface area (Å²) in [6.45, 7) is 3.83. The van der Waals surface area contributed by atoms with Crippen molar-refractivity contribution < 1.29 is 14.3 Å². The second-order valence-corrected chi connectivity index (χ2v) is 7.51. The number of rotatable bonds is 6. The highest BCUT2D eigenvalue weighted by molar-refractivity contribution is 6.30. The van der Waals surface area contributed by atoms with Gasteiger partial charge in [-0.05, 0) is 36.2 Å². The predicted octanol–water partition coefficient (Wildman–Crippen LogP) is 3.27. The van der Waals surface area contributed by atoms with Crippen molar-refractivity contribution in [2.45, 2.75) is 12.8 Å². The number of carbonyl (C=O) groups is 2. The Hall–Kier alpha value is -2.37. The van der Waals surface area contributed by atoms with Gasteiger partial charge in [-0.15, -0.1) is 0 Å². The minimum atomic E-state index is -0.305. The molecule has 1 aliphatic heterocycles. The number of nitrogens with zero attached hydrogens (tertiary/aromatic N) is 1. The van der Waals surface area contributed by atoms with Gasteiger partial charge in [0.2, 0.25) is 5.91 Å². The first-order valence-electron chi connectivity index (χ1n) is 9.38. The van der Waals surface area contributed by atoms with Crippen LogP contribution in [0.4, 0.5) is 0 Å². The molecule has 2 aromatic rings. The van der Waals surface area contributed by atoms with Crippen LogP contribution in [0, 0.1) is 12.8 Å². The Morgan fingerprint density at radius 3 is 2.68 bits per heavy atom. The molecule has 2 amide bonds. The van der Waals surface area contributed by atoms with Crippen LogP contribution >= 0.6 is 11.6 Å². The van der Waals surface area contributed by atoms with E-state index in [0.717, 1.165) is 11.1 Å². The van der Waals surface area contributed by atoms with Crippen LogP contribution in [-0.2, 0) is 9.53 Å². The van der Waals surface area contributed by atoms with Gasteiger partial charge in [0.1, 0.15) is 0 Å². The lowest BCUT2D eigenvalue weighted by atomic mass is 9.86. The molecule has 0 spiro atoms. The molecule has 6 heteroatoms. The van der Waals surface area contributed by atoms with E-state index in [4.69, 9.17) is 16.3 Å². The third-order valence-electron chi connectivity index (χ3n) is 5.21. The van der Waals surface area contributed by atoms with Crippen molar-refractivity contribution in [1.29, 1.82) is 0 Å². The predicted molar refractivity (Wildman–Crippen MR) is 110 cm³/mol. The Kier molecular flexibility index (Phi) is 6.70. The van der Waals surface area contributed by atoms with Crippen LogP contribution in [0.25, 0.3) is 0 Å². The number of halogens is 1. The van der Waals surface area contributed by atoms with Gasteiger partial charge >= 0.3 is 0 Å². The zero-order chi connectivity index (χ0) is 20.1. The first kappa shape index (κ1) is 20.4. The highest BCUT2D eigenvalue weighted by atomic mass is 35.5. The molecule has 2 aromatic carbocycles.